The van der Waals surface area contributed by atoms with Gasteiger partial charge >= 0.3 is 0 Å². The van der Waals surface area contributed by atoms with E-state index in [0.29, 0.717) is 73.1 Å². The Morgan fingerprint density at radius 1 is 0.897 bits per heavy atom. The molecule has 68 heavy (non-hydrogen) atoms. The molecular formula is C49H60FN11O7. The second kappa shape index (κ2) is 19.9. The van der Waals surface area contributed by atoms with Gasteiger partial charge in [0.25, 0.3) is 17.7 Å². The lowest BCUT2D eigenvalue weighted by atomic mass is 10.0. The molecule has 1 aliphatic carbocycles. The van der Waals surface area contributed by atoms with E-state index in [1.165, 1.54) is 7.11 Å². The largest absolute Gasteiger partial charge is 0.378 e. The number of nitrogens with zero attached hydrogens (tertiary/aromatic N) is 8. The molecule has 8 heterocycles. The minimum Gasteiger partial charge on any atom is -0.378 e. The maximum absolute atomic E-state index is 14.7. The summed E-state index contributed by atoms with van der Waals surface area (Å²) in [6.07, 6.45) is 13.4. The third-order valence-corrected chi connectivity index (χ3v) is 14.8. The van der Waals surface area contributed by atoms with Crippen LogP contribution in [-0.4, -0.2) is 149 Å². The van der Waals surface area contributed by atoms with Crippen LogP contribution in [0.25, 0.3) is 10.9 Å². The molecule has 3 aromatic heterocycles. The first-order valence-corrected chi connectivity index (χ1v) is 24.4. The van der Waals surface area contributed by atoms with E-state index in [1.54, 1.807) is 30.6 Å². The van der Waals surface area contributed by atoms with Crippen LogP contribution in [0.5, 0.6) is 0 Å². The molecular weight excluding hydrogens is 874 g/mol. The first kappa shape index (κ1) is 45.7. The smallest absolute Gasteiger partial charge is 0.264 e. The molecule has 4 aromatic rings. The summed E-state index contributed by atoms with van der Waals surface area (Å²) >= 11 is 0. The first-order chi connectivity index (χ1) is 33.1. The molecule has 6 aliphatic rings. The Labute approximate surface area is 394 Å². The number of hydrogen-bond donors (Lipinski definition) is 3. The first-order valence-electron chi connectivity index (χ1n) is 24.4. The number of amides is 5. The summed E-state index contributed by atoms with van der Waals surface area (Å²) in [6.45, 7) is 5.43. The van der Waals surface area contributed by atoms with Crippen LogP contribution in [0.3, 0.4) is 0 Å². The average Bonchev–Trinajstić information content (AvgIpc) is 4.08. The Bertz CT molecular complexity index is 2550. The average molecular weight is 934 g/mol. The van der Waals surface area contributed by atoms with E-state index in [9.17, 15) is 28.4 Å². The van der Waals surface area contributed by atoms with Crippen LogP contribution in [0.15, 0.2) is 48.9 Å². The molecule has 5 aliphatic heterocycles. The van der Waals surface area contributed by atoms with Gasteiger partial charge in [0.2, 0.25) is 17.8 Å². The molecule has 4 saturated heterocycles. The van der Waals surface area contributed by atoms with Gasteiger partial charge in [-0.25, -0.2) is 14.4 Å². The summed E-state index contributed by atoms with van der Waals surface area (Å²) in [5.74, 6) is -0.487. The minimum atomic E-state index is -1.12. The van der Waals surface area contributed by atoms with Crippen molar-refractivity contribution >= 4 is 63.7 Å². The van der Waals surface area contributed by atoms with Crippen LogP contribution in [-0.2, 0) is 19.1 Å². The lowest BCUT2D eigenvalue weighted by Gasteiger charge is -2.35. The van der Waals surface area contributed by atoms with E-state index >= 15 is 0 Å². The zero-order chi connectivity index (χ0) is 46.9. The molecule has 0 spiro atoms. The summed E-state index contributed by atoms with van der Waals surface area (Å²) in [5.41, 5.74) is 2.88. The van der Waals surface area contributed by atoms with Gasteiger partial charge in [0.05, 0.1) is 46.6 Å². The number of benzene rings is 1. The van der Waals surface area contributed by atoms with Crippen molar-refractivity contribution in [2.24, 2.45) is 0 Å². The maximum atomic E-state index is 14.7. The monoisotopic (exact) mass is 933 g/mol. The number of piperidine rings is 4. The second-order valence-electron chi connectivity index (χ2n) is 19.0. The van der Waals surface area contributed by atoms with Crippen LogP contribution < -0.4 is 25.8 Å². The number of fused-ring (bicyclic) bond motifs is 2. The summed E-state index contributed by atoms with van der Waals surface area (Å²) in [4.78, 5) is 86.5. The number of nitrogens with one attached hydrogen (secondary N) is 3. The fraction of sp³-hybridized carbons (Fsp3) is 0.551. The van der Waals surface area contributed by atoms with Gasteiger partial charge in [0, 0.05) is 102 Å². The van der Waals surface area contributed by atoms with Crippen molar-refractivity contribution in [3.05, 3.63) is 65.6 Å². The predicted octanol–water partition coefficient (Wildman–Crippen LogP) is 4.92. The zero-order valence-corrected chi connectivity index (χ0v) is 38.5. The molecule has 0 unspecified atom stereocenters. The summed E-state index contributed by atoms with van der Waals surface area (Å²) < 4.78 is 28.5. The number of anilines is 4. The maximum Gasteiger partial charge on any atom is 0.264 e. The quantitative estimate of drug-likeness (QED) is 0.114. The molecule has 5 amide bonds. The Kier molecular flexibility index (Phi) is 13.4. The van der Waals surface area contributed by atoms with Gasteiger partial charge in [-0.2, -0.15) is 4.98 Å². The van der Waals surface area contributed by atoms with Crippen LogP contribution in [0.1, 0.15) is 114 Å². The van der Waals surface area contributed by atoms with E-state index in [4.69, 9.17) is 14.5 Å². The van der Waals surface area contributed by atoms with Gasteiger partial charge in [0.15, 0.2) is 0 Å². The highest BCUT2D eigenvalue weighted by molar-refractivity contribution is 6.25. The van der Waals surface area contributed by atoms with E-state index in [0.717, 1.165) is 93.2 Å². The van der Waals surface area contributed by atoms with Crippen molar-refractivity contribution < 1.29 is 37.8 Å². The number of carbonyl (C=O) groups excluding carboxylic acids is 5. The van der Waals surface area contributed by atoms with Gasteiger partial charge in [-0.15, -0.1) is 0 Å². The number of rotatable bonds is 14. The third-order valence-electron chi connectivity index (χ3n) is 14.8. The van der Waals surface area contributed by atoms with E-state index in [2.05, 4.69) is 40.3 Å². The van der Waals surface area contributed by atoms with Gasteiger partial charge in [-0.05, 0) is 76.0 Å². The highest BCUT2D eigenvalue weighted by Gasteiger charge is 2.46. The number of pyridine rings is 1. The number of likely N-dealkylation sites (tertiary alicyclic amines) is 1. The number of ether oxygens (including phenoxy) is 2. The Morgan fingerprint density at radius 2 is 1.69 bits per heavy atom. The molecule has 1 aromatic carbocycles. The standard InChI is InChI=1S/C49H60FN11O7/c1-67-40-17-24-59(29-36(40)50)49-51-18-12-41(55-49)54-42-26-39-34(27-52-42)35(28-60(39)31-6-2-3-7-31)45(63)53-30-13-20-57(21-14-30)19-5-25-68-32-15-22-58(23-16-32)37-9-4-8-33-44(37)48(66)61(47(33)65)38-10-11-43(62)56-46(38)64/h4,8-9,12,18,26-28,30-32,36,38,40H,2-3,5-7,10-11,13-17,19-25,29H2,1H3,(H,53,63)(H,56,62,64)(H,51,52,54,55)/t36-,38+,40+/m1/s1. The number of methoxy groups -OCH3 is 1. The second-order valence-corrected chi connectivity index (χ2v) is 19.0. The van der Waals surface area contributed by atoms with Crippen molar-refractivity contribution in [1.29, 1.82) is 0 Å². The number of imide groups is 2. The Balaban J connectivity index is 0.684. The highest BCUT2D eigenvalue weighted by Crippen LogP contribution is 2.37. The van der Waals surface area contributed by atoms with Crippen LogP contribution >= 0.6 is 0 Å². The molecule has 0 bridgehead atoms. The number of alkyl halides is 1. The normalized spacial score (nSPS) is 23.4. The fourth-order valence-electron chi connectivity index (χ4n) is 11.0. The molecule has 360 valence electrons. The fourth-order valence-corrected chi connectivity index (χ4v) is 11.0. The molecule has 19 heteroatoms. The molecule has 3 N–H and O–H groups in total. The van der Waals surface area contributed by atoms with E-state index < -0.39 is 41.9 Å². The highest BCUT2D eigenvalue weighted by atomic mass is 19.1. The molecule has 5 fully saturated rings. The SMILES string of the molecule is CO[C@H]1CCN(c2nccc(Nc3cc4c(cn3)c(C(=O)NC3CCN(CCCOC5CCN(c6cccc7c6C(=O)N([C@H]6CCC(=O)NC6=O)C7=O)CC5)CC3)cn4C3CCCC3)n2)C[C@H]1F. The minimum absolute atomic E-state index is 0.0682. The molecule has 3 atom stereocenters. The van der Waals surface area contributed by atoms with E-state index in [1.807, 2.05) is 23.2 Å². The topological polar surface area (TPSA) is 196 Å². The lowest BCUT2D eigenvalue weighted by molar-refractivity contribution is -0.136. The van der Waals surface area contributed by atoms with Crippen molar-refractivity contribution in [2.75, 3.05) is 74.6 Å². The number of hydrogen-bond acceptors (Lipinski definition) is 14. The third kappa shape index (κ3) is 9.39. The van der Waals surface area contributed by atoms with Crippen LogP contribution in [0, 0.1) is 0 Å². The van der Waals surface area contributed by atoms with E-state index in [-0.39, 0.29) is 43.0 Å². The van der Waals surface area contributed by atoms with Gasteiger partial charge in [0.1, 0.15) is 23.8 Å². The predicted molar refractivity (Wildman–Crippen MR) is 251 cm³/mol. The lowest BCUT2D eigenvalue weighted by Crippen LogP contribution is -2.54. The molecule has 1 saturated carbocycles. The van der Waals surface area contributed by atoms with Crippen molar-refractivity contribution in [2.45, 2.75) is 114 Å². The number of halogens is 1. The molecule has 18 nitrogen and oxygen atoms in total. The van der Waals surface area contributed by atoms with Gasteiger partial charge < -0.3 is 39.4 Å². The zero-order valence-electron chi connectivity index (χ0n) is 38.5. The number of aromatic nitrogens is 4. The van der Waals surface area contributed by atoms with Crippen LogP contribution in [0.4, 0.5) is 27.7 Å². The molecule has 0 radical (unpaired) electrons. The van der Waals surface area contributed by atoms with Crippen LogP contribution in [0.2, 0.25) is 0 Å². The number of carbonyl (C=O) groups is 5. The summed E-state index contributed by atoms with van der Waals surface area (Å²) in [5, 5.41) is 9.74. The van der Waals surface area contributed by atoms with Gasteiger partial charge in [-0.1, -0.05) is 18.9 Å². The Hall–Kier alpha value is -6.05. The van der Waals surface area contributed by atoms with Crippen molar-refractivity contribution in [3.63, 3.8) is 0 Å². The summed E-state index contributed by atoms with van der Waals surface area (Å²) in [6, 6.07) is 8.39. The van der Waals surface area contributed by atoms with Crippen molar-refractivity contribution in [1.82, 2.24) is 40.0 Å². The molecule has 10 rings (SSSR count). The Morgan fingerprint density at radius 3 is 2.46 bits per heavy atom. The summed E-state index contributed by atoms with van der Waals surface area (Å²) in [7, 11) is 1.54. The van der Waals surface area contributed by atoms with Crippen molar-refractivity contribution in [3.8, 4) is 0 Å². The van der Waals surface area contributed by atoms with Gasteiger partial charge in [-0.3, -0.25) is 34.2 Å².